The molecule has 7 heteroatoms. The average Bonchev–Trinajstić information content (AvgIpc) is 2.56. The summed E-state index contributed by atoms with van der Waals surface area (Å²) in [7, 11) is 0. The number of hydrogen-bond acceptors (Lipinski definition) is 4. The van der Waals surface area contributed by atoms with Gasteiger partial charge in [-0.15, -0.1) is 0 Å². The molecule has 0 aliphatic rings. The molecule has 1 aromatic carbocycles. The third-order valence-electron chi connectivity index (χ3n) is 2.95. The van der Waals surface area contributed by atoms with Crippen LogP contribution in [0.1, 0.15) is 19.8 Å². The monoisotopic (exact) mass is 326 g/mol. The second-order valence-electron chi connectivity index (χ2n) is 4.77. The largest absolute Gasteiger partial charge is 0.490 e. The summed E-state index contributed by atoms with van der Waals surface area (Å²) >= 11 is 0. The van der Waals surface area contributed by atoms with Crippen molar-refractivity contribution in [1.82, 2.24) is 9.97 Å². The van der Waals surface area contributed by atoms with Crippen molar-refractivity contribution in [1.29, 1.82) is 0 Å². The van der Waals surface area contributed by atoms with Crippen LogP contribution >= 0.6 is 0 Å². The number of hydrogen-bond donors (Lipinski definition) is 0. The summed E-state index contributed by atoms with van der Waals surface area (Å²) < 4.78 is 46.9. The predicted octanol–water partition coefficient (Wildman–Crippen LogP) is 4.26. The Morgan fingerprint density at radius 3 is 2.22 bits per heavy atom. The van der Waals surface area contributed by atoms with Crippen molar-refractivity contribution >= 4 is 0 Å². The predicted molar refractivity (Wildman–Crippen MR) is 79.4 cm³/mol. The normalized spacial score (nSPS) is 12.2. The van der Waals surface area contributed by atoms with Gasteiger partial charge in [0.2, 0.25) is 0 Å². The maximum Gasteiger partial charge on any atom is 0.304 e. The molecule has 0 saturated heterocycles. The first-order valence-electron chi connectivity index (χ1n) is 7.24. The lowest BCUT2D eigenvalue weighted by atomic mass is 10.2. The molecule has 1 heterocycles. The maximum atomic E-state index is 12.8. The quantitative estimate of drug-likeness (QED) is 0.680. The van der Waals surface area contributed by atoms with Crippen LogP contribution in [0.25, 0.3) is 11.4 Å². The molecule has 0 saturated carbocycles. The van der Waals surface area contributed by atoms with Crippen LogP contribution in [0.15, 0.2) is 36.7 Å². The van der Waals surface area contributed by atoms with Crippen molar-refractivity contribution in [2.45, 2.75) is 32.5 Å². The first-order valence-corrected chi connectivity index (χ1v) is 7.24. The molecule has 0 amide bonds. The Morgan fingerprint density at radius 2 is 1.65 bits per heavy atom. The molecule has 2 rings (SSSR count). The minimum Gasteiger partial charge on any atom is -0.490 e. The van der Waals surface area contributed by atoms with Crippen LogP contribution in [-0.2, 0) is 0 Å². The summed E-state index contributed by atoms with van der Waals surface area (Å²) in [5.74, 6) is 1.05. The number of unbranched alkanes of at least 4 members (excludes halogenated alkanes) is 1. The van der Waals surface area contributed by atoms with E-state index in [0.717, 1.165) is 12.8 Å². The van der Waals surface area contributed by atoms with E-state index in [2.05, 4.69) is 21.6 Å². The number of nitrogens with zero attached hydrogens (tertiary/aromatic N) is 2. The highest BCUT2D eigenvalue weighted by molar-refractivity contribution is 5.56. The maximum absolute atomic E-state index is 12.8. The van der Waals surface area contributed by atoms with Gasteiger partial charge in [-0.3, -0.25) is 0 Å². The molecule has 0 fully saturated rings. The molecule has 0 aliphatic heterocycles. The van der Waals surface area contributed by atoms with Crippen LogP contribution < -0.4 is 9.47 Å². The van der Waals surface area contributed by atoms with E-state index in [1.165, 1.54) is 12.1 Å². The van der Waals surface area contributed by atoms with Crippen LogP contribution in [0.3, 0.4) is 0 Å². The van der Waals surface area contributed by atoms with Crippen LogP contribution in [0.2, 0.25) is 0 Å². The van der Waals surface area contributed by atoms with E-state index in [9.17, 15) is 13.2 Å². The zero-order chi connectivity index (χ0) is 16.7. The second-order valence-corrected chi connectivity index (χ2v) is 4.77. The van der Waals surface area contributed by atoms with E-state index >= 15 is 0 Å². The van der Waals surface area contributed by atoms with Crippen LogP contribution in [-0.4, -0.2) is 29.4 Å². The smallest absolute Gasteiger partial charge is 0.304 e. The van der Waals surface area contributed by atoms with Crippen molar-refractivity contribution in [2.24, 2.45) is 0 Å². The highest BCUT2D eigenvalue weighted by Crippen LogP contribution is 2.22. The SMILES string of the molecule is CCCCOc1cnc(-c2ccc(OC(F)C(F)F)cc2)nc1. The van der Waals surface area contributed by atoms with Gasteiger partial charge in [0, 0.05) is 5.56 Å². The lowest BCUT2D eigenvalue weighted by Crippen LogP contribution is -2.19. The minimum absolute atomic E-state index is 0.0149. The van der Waals surface area contributed by atoms with Crippen LogP contribution in [0, 0.1) is 0 Å². The summed E-state index contributed by atoms with van der Waals surface area (Å²) in [6.07, 6.45) is -0.696. The Morgan fingerprint density at radius 1 is 1.00 bits per heavy atom. The molecule has 0 radical (unpaired) electrons. The summed E-state index contributed by atoms with van der Waals surface area (Å²) in [5.41, 5.74) is 0.657. The van der Waals surface area contributed by atoms with Gasteiger partial charge in [0.25, 0.3) is 6.36 Å². The molecule has 1 atom stereocenters. The Kier molecular flexibility index (Phi) is 6.19. The van der Waals surface area contributed by atoms with Crippen LogP contribution in [0.5, 0.6) is 11.5 Å². The zero-order valence-corrected chi connectivity index (χ0v) is 12.6. The van der Waals surface area contributed by atoms with Gasteiger partial charge in [-0.2, -0.15) is 4.39 Å². The number of benzene rings is 1. The van der Waals surface area contributed by atoms with Gasteiger partial charge in [-0.05, 0) is 30.7 Å². The summed E-state index contributed by atoms with van der Waals surface area (Å²) in [4.78, 5) is 8.35. The highest BCUT2D eigenvalue weighted by Gasteiger charge is 2.20. The molecule has 0 spiro atoms. The van der Waals surface area contributed by atoms with E-state index in [1.54, 1.807) is 24.5 Å². The van der Waals surface area contributed by atoms with Gasteiger partial charge in [0.05, 0.1) is 19.0 Å². The first-order chi connectivity index (χ1) is 11.1. The fraction of sp³-hybridized carbons (Fsp3) is 0.375. The fourth-order valence-corrected chi connectivity index (χ4v) is 1.74. The van der Waals surface area contributed by atoms with Crippen molar-refractivity contribution in [3.05, 3.63) is 36.7 Å². The van der Waals surface area contributed by atoms with Gasteiger partial charge in [-0.25, -0.2) is 18.7 Å². The second kappa shape index (κ2) is 8.36. The highest BCUT2D eigenvalue weighted by atomic mass is 19.3. The van der Waals surface area contributed by atoms with E-state index in [-0.39, 0.29) is 5.75 Å². The van der Waals surface area contributed by atoms with Gasteiger partial charge in [0.15, 0.2) is 11.6 Å². The number of halogens is 3. The lowest BCUT2D eigenvalue weighted by molar-refractivity contribution is -0.0668. The molecule has 23 heavy (non-hydrogen) atoms. The lowest BCUT2D eigenvalue weighted by Gasteiger charge is -2.10. The van der Waals surface area contributed by atoms with E-state index < -0.39 is 12.8 Å². The van der Waals surface area contributed by atoms with E-state index in [1.807, 2.05) is 0 Å². The molecule has 0 bridgehead atoms. The van der Waals surface area contributed by atoms with Crippen molar-refractivity contribution in [2.75, 3.05) is 6.61 Å². The number of aromatic nitrogens is 2. The molecule has 0 aliphatic carbocycles. The topological polar surface area (TPSA) is 44.2 Å². The van der Waals surface area contributed by atoms with Gasteiger partial charge in [0.1, 0.15) is 5.75 Å². The summed E-state index contributed by atoms with van der Waals surface area (Å²) in [6, 6.07) is 5.92. The number of ether oxygens (including phenoxy) is 2. The van der Waals surface area contributed by atoms with Crippen LogP contribution in [0.4, 0.5) is 13.2 Å². The molecule has 1 aromatic heterocycles. The Balaban J connectivity index is 1.99. The van der Waals surface area contributed by atoms with E-state index in [0.29, 0.717) is 23.7 Å². The average molecular weight is 326 g/mol. The molecule has 0 N–H and O–H groups in total. The zero-order valence-electron chi connectivity index (χ0n) is 12.6. The third kappa shape index (κ3) is 5.12. The number of alkyl halides is 3. The fourth-order valence-electron chi connectivity index (χ4n) is 1.74. The summed E-state index contributed by atoms with van der Waals surface area (Å²) in [5, 5.41) is 0. The molecular weight excluding hydrogens is 309 g/mol. The van der Waals surface area contributed by atoms with Crippen molar-refractivity contribution in [3.8, 4) is 22.9 Å². The summed E-state index contributed by atoms with van der Waals surface area (Å²) in [6.45, 7) is 2.68. The molecule has 2 aromatic rings. The Bertz CT molecular complexity index is 591. The standard InChI is InChI=1S/C16H17F3N2O2/c1-2-3-8-22-13-9-20-16(21-10-13)11-4-6-12(7-5-11)23-15(19)14(17)18/h4-7,9-10,14-15H,2-3,8H2,1H3. The van der Waals surface area contributed by atoms with Crippen molar-refractivity contribution < 1.29 is 22.6 Å². The minimum atomic E-state index is -3.18. The molecule has 124 valence electrons. The Labute approximate surface area is 132 Å². The van der Waals surface area contributed by atoms with Gasteiger partial charge >= 0.3 is 6.43 Å². The Hall–Kier alpha value is -2.31. The molecule has 4 nitrogen and oxygen atoms in total. The van der Waals surface area contributed by atoms with Crippen molar-refractivity contribution in [3.63, 3.8) is 0 Å². The first kappa shape index (κ1) is 17.1. The number of rotatable bonds is 8. The molecule has 1 unspecified atom stereocenters. The van der Waals surface area contributed by atoms with Gasteiger partial charge < -0.3 is 9.47 Å². The third-order valence-corrected chi connectivity index (χ3v) is 2.95. The van der Waals surface area contributed by atoms with E-state index in [4.69, 9.17) is 4.74 Å². The van der Waals surface area contributed by atoms with Gasteiger partial charge in [-0.1, -0.05) is 13.3 Å². The molecular formula is C16H17F3N2O2.